The maximum absolute atomic E-state index is 12.4. The number of hydrogen-bond donors (Lipinski definition) is 1. The van der Waals surface area contributed by atoms with Crippen LogP contribution in [0.15, 0.2) is 12.4 Å². The fraction of sp³-hybridized carbons (Fsp3) is 0.692. The number of carbonyl (C=O) groups excluding carboxylic acids is 1. The Balaban J connectivity index is 2.18. The van der Waals surface area contributed by atoms with Gasteiger partial charge >= 0.3 is 0 Å². The molecule has 1 N–H and O–H groups in total. The third kappa shape index (κ3) is 2.51. The number of rotatable bonds is 3. The SMILES string of the molecule is [2H]c1cnc(C2CCCCN2C(=O)C(C)CC)[nH]1. The Kier molecular flexibility index (Phi) is 3.40. The van der Waals surface area contributed by atoms with E-state index in [1.807, 2.05) is 18.7 Å². The first-order chi connectivity index (χ1) is 8.63. The molecule has 2 atom stereocenters. The molecule has 17 heavy (non-hydrogen) atoms. The standard InChI is InChI=1S/C13H21N3O/c1-3-10(2)13(17)16-9-5-4-6-11(16)12-14-7-8-15-12/h7-8,10-11H,3-6,9H2,1-2H3,(H,14,15)/i7D. The summed E-state index contributed by atoms with van der Waals surface area (Å²) in [5, 5.41) is 0. The van der Waals surface area contributed by atoms with Crippen LogP contribution in [-0.4, -0.2) is 27.3 Å². The Bertz CT molecular complexity index is 418. The van der Waals surface area contributed by atoms with Gasteiger partial charge in [-0.25, -0.2) is 4.98 Å². The maximum atomic E-state index is 12.4. The molecule has 0 aliphatic carbocycles. The van der Waals surface area contributed by atoms with Crippen LogP contribution in [0.1, 0.15) is 52.8 Å². The summed E-state index contributed by atoms with van der Waals surface area (Å²) in [6, 6.07) is 0.0272. The second kappa shape index (κ2) is 5.34. The summed E-state index contributed by atoms with van der Waals surface area (Å²) in [5.74, 6) is 1.04. The lowest BCUT2D eigenvalue weighted by Crippen LogP contribution is -2.41. The largest absolute Gasteiger partial charge is 0.347 e. The first-order valence-corrected chi connectivity index (χ1v) is 6.45. The molecule has 94 valence electrons. The normalized spacial score (nSPS) is 23.3. The monoisotopic (exact) mass is 236 g/mol. The highest BCUT2D eigenvalue weighted by molar-refractivity contribution is 5.78. The topological polar surface area (TPSA) is 49.0 Å². The van der Waals surface area contributed by atoms with Crippen molar-refractivity contribution in [2.24, 2.45) is 5.92 Å². The van der Waals surface area contributed by atoms with Gasteiger partial charge in [-0.05, 0) is 25.7 Å². The van der Waals surface area contributed by atoms with Gasteiger partial charge in [-0.15, -0.1) is 0 Å². The van der Waals surface area contributed by atoms with E-state index < -0.39 is 0 Å². The molecule has 1 fully saturated rings. The average Bonchev–Trinajstić information content (AvgIpc) is 2.83. The van der Waals surface area contributed by atoms with E-state index in [1.54, 1.807) is 0 Å². The van der Waals surface area contributed by atoms with Gasteiger partial charge in [0, 0.05) is 24.8 Å². The first kappa shape index (κ1) is 10.8. The van der Waals surface area contributed by atoms with E-state index in [0.717, 1.165) is 38.1 Å². The number of H-pyrrole nitrogens is 1. The minimum atomic E-state index is 0.0272. The quantitative estimate of drug-likeness (QED) is 0.876. The number of piperidine rings is 1. The van der Waals surface area contributed by atoms with Gasteiger partial charge in [0.1, 0.15) is 5.82 Å². The molecular formula is C13H21N3O. The van der Waals surface area contributed by atoms with Crippen molar-refractivity contribution in [3.05, 3.63) is 18.2 Å². The fourth-order valence-electron chi connectivity index (χ4n) is 2.35. The molecule has 2 unspecified atom stereocenters. The van der Waals surface area contributed by atoms with E-state index in [9.17, 15) is 4.79 Å². The predicted molar refractivity (Wildman–Crippen MR) is 66.3 cm³/mol. The summed E-state index contributed by atoms with van der Waals surface area (Å²) in [6.07, 6.45) is 5.80. The second-order valence-corrected chi connectivity index (χ2v) is 4.77. The molecule has 0 radical (unpaired) electrons. The van der Waals surface area contributed by atoms with Crippen LogP contribution < -0.4 is 0 Å². The lowest BCUT2D eigenvalue weighted by Gasteiger charge is -2.36. The van der Waals surface area contributed by atoms with E-state index in [-0.39, 0.29) is 17.9 Å². The molecule has 0 bridgehead atoms. The van der Waals surface area contributed by atoms with Crippen LogP contribution in [0.4, 0.5) is 0 Å². The smallest absolute Gasteiger partial charge is 0.226 e. The number of carbonyl (C=O) groups is 1. The highest BCUT2D eigenvalue weighted by Crippen LogP contribution is 2.30. The number of hydrogen-bond acceptors (Lipinski definition) is 2. The van der Waals surface area contributed by atoms with Crippen LogP contribution in [0.3, 0.4) is 0 Å². The van der Waals surface area contributed by atoms with Gasteiger partial charge in [0.05, 0.1) is 7.41 Å². The van der Waals surface area contributed by atoms with Crippen molar-refractivity contribution in [2.75, 3.05) is 6.54 Å². The summed E-state index contributed by atoms with van der Waals surface area (Å²) >= 11 is 0. The molecule has 2 heterocycles. The minimum absolute atomic E-state index is 0.0272. The molecule has 1 amide bonds. The van der Waals surface area contributed by atoms with E-state index in [4.69, 9.17) is 1.37 Å². The van der Waals surface area contributed by atoms with Crippen molar-refractivity contribution in [3.63, 3.8) is 0 Å². The summed E-state index contributed by atoms with van der Waals surface area (Å²) in [6.45, 7) is 4.82. The Morgan fingerprint density at radius 3 is 3.24 bits per heavy atom. The van der Waals surface area contributed by atoms with Crippen LogP contribution in [0.2, 0.25) is 0 Å². The second-order valence-electron chi connectivity index (χ2n) is 4.77. The third-order valence-electron chi connectivity index (χ3n) is 3.60. The molecule has 1 aromatic rings. The molecule has 1 saturated heterocycles. The minimum Gasteiger partial charge on any atom is -0.347 e. The van der Waals surface area contributed by atoms with Crippen LogP contribution >= 0.6 is 0 Å². The molecular weight excluding hydrogens is 214 g/mol. The fourth-order valence-corrected chi connectivity index (χ4v) is 2.35. The lowest BCUT2D eigenvalue weighted by molar-refractivity contribution is -0.139. The highest BCUT2D eigenvalue weighted by atomic mass is 16.2. The first-order valence-electron chi connectivity index (χ1n) is 6.95. The number of aromatic nitrogens is 2. The summed E-state index contributed by atoms with van der Waals surface area (Å²) in [5.41, 5.74) is 0. The van der Waals surface area contributed by atoms with Crippen LogP contribution in [0.5, 0.6) is 0 Å². The molecule has 4 heteroatoms. The molecule has 0 aromatic carbocycles. The Morgan fingerprint density at radius 2 is 2.59 bits per heavy atom. The number of likely N-dealkylation sites (tertiary alicyclic amines) is 1. The van der Waals surface area contributed by atoms with E-state index in [0.29, 0.717) is 6.17 Å². The van der Waals surface area contributed by atoms with E-state index in [2.05, 4.69) is 9.97 Å². The summed E-state index contributed by atoms with van der Waals surface area (Å²) in [4.78, 5) is 21.5. The van der Waals surface area contributed by atoms with Crippen molar-refractivity contribution in [1.29, 1.82) is 0 Å². The van der Waals surface area contributed by atoms with Crippen LogP contribution in [0.25, 0.3) is 0 Å². The van der Waals surface area contributed by atoms with Crippen molar-refractivity contribution in [3.8, 4) is 0 Å². The van der Waals surface area contributed by atoms with Gasteiger partial charge < -0.3 is 9.88 Å². The van der Waals surface area contributed by atoms with Gasteiger partial charge in [-0.1, -0.05) is 13.8 Å². The Labute approximate surface area is 104 Å². The number of nitrogens with one attached hydrogen (secondary N) is 1. The van der Waals surface area contributed by atoms with Crippen molar-refractivity contribution >= 4 is 5.91 Å². The highest BCUT2D eigenvalue weighted by Gasteiger charge is 2.31. The average molecular weight is 236 g/mol. The summed E-state index contributed by atoms with van der Waals surface area (Å²) in [7, 11) is 0. The molecule has 1 aliphatic rings. The van der Waals surface area contributed by atoms with Gasteiger partial charge in [0.15, 0.2) is 0 Å². The number of imidazole rings is 1. The lowest BCUT2D eigenvalue weighted by atomic mass is 9.98. The van der Waals surface area contributed by atoms with Crippen molar-refractivity contribution < 1.29 is 6.17 Å². The molecule has 1 aliphatic heterocycles. The van der Waals surface area contributed by atoms with E-state index in [1.165, 1.54) is 6.20 Å². The molecule has 4 nitrogen and oxygen atoms in total. The van der Waals surface area contributed by atoms with Crippen molar-refractivity contribution in [1.82, 2.24) is 14.9 Å². The molecule has 2 rings (SSSR count). The zero-order valence-electron chi connectivity index (χ0n) is 11.6. The van der Waals surface area contributed by atoms with Gasteiger partial charge in [0.2, 0.25) is 5.91 Å². The molecule has 0 saturated carbocycles. The van der Waals surface area contributed by atoms with Gasteiger partial charge in [-0.3, -0.25) is 4.79 Å². The Morgan fingerprint density at radius 1 is 1.76 bits per heavy atom. The zero-order valence-corrected chi connectivity index (χ0v) is 10.6. The zero-order chi connectivity index (χ0) is 13.1. The van der Waals surface area contributed by atoms with E-state index >= 15 is 0 Å². The van der Waals surface area contributed by atoms with Crippen LogP contribution in [-0.2, 0) is 4.79 Å². The maximum Gasteiger partial charge on any atom is 0.226 e. The van der Waals surface area contributed by atoms with Crippen LogP contribution in [0, 0.1) is 5.92 Å². The summed E-state index contributed by atoms with van der Waals surface area (Å²) < 4.78 is 7.51. The van der Waals surface area contributed by atoms with Gasteiger partial charge in [0.25, 0.3) is 0 Å². The predicted octanol–water partition coefficient (Wildman–Crippen LogP) is 2.51. The number of amides is 1. The third-order valence-corrected chi connectivity index (χ3v) is 3.60. The molecule has 1 aromatic heterocycles. The Hall–Kier alpha value is -1.32. The molecule has 0 spiro atoms. The van der Waals surface area contributed by atoms with Gasteiger partial charge in [-0.2, -0.15) is 0 Å². The number of nitrogens with zero attached hydrogens (tertiary/aromatic N) is 2. The van der Waals surface area contributed by atoms with Crippen molar-refractivity contribution in [2.45, 2.75) is 45.6 Å². The number of aromatic amines is 1.